The summed E-state index contributed by atoms with van der Waals surface area (Å²) in [5.74, 6) is 0. The van der Waals surface area contributed by atoms with Crippen molar-refractivity contribution < 1.29 is 0 Å². The molecule has 13 heavy (non-hydrogen) atoms. The van der Waals surface area contributed by atoms with E-state index in [4.69, 9.17) is 0 Å². The highest BCUT2D eigenvalue weighted by Gasteiger charge is 2.04. The minimum Gasteiger partial charge on any atom is -0.237 e. The van der Waals surface area contributed by atoms with Gasteiger partial charge in [-0.15, -0.1) is 11.3 Å². The number of thiazole rings is 1. The topological polar surface area (TPSA) is 12.9 Å². The van der Waals surface area contributed by atoms with Crippen molar-refractivity contribution in [2.45, 2.75) is 6.92 Å². The summed E-state index contributed by atoms with van der Waals surface area (Å²) in [6.45, 7) is 2.09. The quantitative estimate of drug-likeness (QED) is 0.752. The van der Waals surface area contributed by atoms with Crippen LogP contribution in [0, 0.1) is 6.92 Å². The molecular weight excluding hydrogens is 246 g/mol. The molecule has 0 saturated carbocycles. The Balaban J connectivity index is 2.47. The van der Waals surface area contributed by atoms with Crippen LogP contribution in [0.3, 0.4) is 0 Å². The standard InChI is InChI=1S/C10H8BrNS/c1-7-2-4-8(5-3-7)9-10(11)12-6-13-9/h2-6H,1H3. The van der Waals surface area contributed by atoms with Crippen molar-refractivity contribution in [1.29, 1.82) is 0 Å². The van der Waals surface area contributed by atoms with Gasteiger partial charge in [-0.2, -0.15) is 0 Å². The molecule has 0 atom stereocenters. The van der Waals surface area contributed by atoms with Crippen molar-refractivity contribution in [3.8, 4) is 10.4 Å². The summed E-state index contributed by atoms with van der Waals surface area (Å²) in [5.41, 5.74) is 4.35. The lowest BCUT2D eigenvalue weighted by molar-refractivity contribution is 1.36. The number of hydrogen-bond donors (Lipinski definition) is 0. The fourth-order valence-electron chi connectivity index (χ4n) is 1.12. The zero-order chi connectivity index (χ0) is 9.26. The molecule has 0 N–H and O–H groups in total. The fraction of sp³-hybridized carbons (Fsp3) is 0.100. The van der Waals surface area contributed by atoms with E-state index in [2.05, 4.69) is 52.1 Å². The summed E-state index contributed by atoms with van der Waals surface area (Å²) < 4.78 is 0.932. The monoisotopic (exact) mass is 253 g/mol. The maximum Gasteiger partial charge on any atom is 0.124 e. The first-order chi connectivity index (χ1) is 6.27. The van der Waals surface area contributed by atoms with Crippen molar-refractivity contribution in [3.63, 3.8) is 0 Å². The number of halogens is 1. The molecule has 0 spiro atoms. The van der Waals surface area contributed by atoms with Crippen LogP contribution in [-0.4, -0.2) is 4.98 Å². The van der Waals surface area contributed by atoms with Gasteiger partial charge in [-0.05, 0) is 28.4 Å². The maximum atomic E-state index is 4.15. The van der Waals surface area contributed by atoms with Crippen molar-refractivity contribution in [1.82, 2.24) is 4.98 Å². The molecule has 0 saturated heterocycles. The van der Waals surface area contributed by atoms with E-state index in [1.54, 1.807) is 11.3 Å². The minimum atomic E-state index is 0.932. The molecule has 0 aliphatic rings. The highest BCUT2D eigenvalue weighted by molar-refractivity contribution is 9.10. The molecule has 0 aliphatic carbocycles. The molecule has 1 aromatic carbocycles. The van der Waals surface area contributed by atoms with Crippen LogP contribution in [0.1, 0.15) is 5.56 Å². The molecule has 0 bridgehead atoms. The van der Waals surface area contributed by atoms with Crippen LogP contribution in [0.15, 0.2) is 34.4 Å². The molecule has 3 heteroatoms. The van der Waals surface area contributed by atoms with Gasteiger partial charge in [-0.25, -0.2) is 4.98 Å². The van der Waals surface area contributed by atoms with Gasteiger partial charge in [0.2, 0.25) is 0 Å². The number of benzene rings is 1. The molecule has 0 amide bonds. The van der Waals surface area contributed by atoms with Gasteiger partial charge in [-0.3, -0.25) is 0 Å². The summed E-state index contributed by atoms with van der Waals surface area (Å²) >= 11 is 5.07. The summed E-state index contributed by atoms with van der Waals surface area (Å²) in [6, 6.07) is 8.46. The van der Waals surface area contributed by atoms with Crippen LogP contribution in [0.4, 0.5) is 0 Å². The molecule has 0 fully saturated rings. The minimum absolute atomic E-state index is 0.932. The number of rotatable bonds is 1. The van der Waals surface area contributed by atoms with Crippen LogP contribution in [0.5, 0.6) is 0 Å². The predicted octanol–water partition coefficient (Wildman–Crippen LogP) is 3.88. The lowest BCUT2D eigenvalue weighted by atomic mass is 10.1. The number of aryl methyl sites for hydroxylation is 1. The van der Waals surface area contributed by atoms with E-state index in [0.717, 1.165) is 4.60 Å². The third kappa shape index (κ3) is 1.81. The Hall–Kier alpha value is -0.670. The molecule has 2 aromatic rings. The van der Waals surface area contributed by atoms with Crippen LogP contribution in [0.25, 0.3) is 10.4 Å². The third-order valence-electron chi connectivity index (χ3n) is 1.84. The number of nitrogens with zero attached hydrogens (tertiary/aromatic N) is 1. The van der Waals surface area contributed by atoms with Crippen molar-refractivity contribution in [2.24, 2.45) is 0 Å². The Labute approximate surface area is 89.6 Å². The summed E-state index contributed by atoms with van der Waals surface area (Å²) in [7, 11) is 0. The Bertz CT molecular complexity index is 405. The molecule has 1 heterocycles. The van der Waals surface area contributed by atoms with E-state index in [9.17, 15) is 0 Å². The number of hydrogen-bond acceptors (Lipinski definition) is 2. The SMILES string of the molecule is Cc1ccc(-c2scnc2Br)cc1. The first-order valence-electron chi connectivity index (χ1n) is 3.93. The summed E-state index contributed by atoms with van der Waals surface area (Å²) in [6.07, 6.45) is 0. The van der Waals surface area contributed by atoms with E-state index in [1.165, 1.54) is 16.0 Å². The van der Waals surface area contributed by atoms with Crippen LogP contribution in [-0.2, 0) is 0 Å². The lowest BCUT2D eigenvalue weighted by Crippen LogP contribution is -1.75. The molecule has 0 unspecified atom stereocenters. The normalized spacial score (nSPS) is 10.3. The fourth-order valence-corrected chi connectivity index (χ4v) is 2.56. The van der Waals surface area contributed by atoms with E-state index in [0.29, 0.717) is 0 Å². The van der Waals surface area contributed by atoms with E-state index in [1.807, 2.05) is 5.51 Å². The average molecular weight is 254 g/mol. The first kappa shape index (κ1) is 8.91. The summed E-state index contributed by atoms with van der Waals surface area (Å²) in [4.78, 5) is 5.35. The third-order valence-corrected chi connectivity index (χ3v) is 3.58. The van der Waals surface area contributed by atoms with E-state index < -0.39 is 0 Å². The van der Waals surface area contributed by atoms with Gasteiger partial charge in [0.15, 0.2) is 0 Å². The Morgan fingerprint density at radius 3 is 2.46 bits per heavy atom. The van der Waals surface area contributed by atoms with Gasteiger partial charge in [-0.1, -0.05) is 29.8 Å². The van der Waals surface area contributed by atoms with E-state index in [-0.39, 0.29) is 0 Å². The van der Waals surface area contributed by atoms with Crippen molar-refractivity contribution in [3.05, 3.63) is 39.9 Å². The van der Waals surface area contributed by atoms with Gasteiger partial charge in [0.25, 0.3) is 0 Å². The molecular formula is C10H8BrNS. The van der Waals surface area contributed by atoms with Gasteiger partial charge in [0, 0.05) is 0 Å². The highest BCUT2D eigenvalue weighted by atomic mass is 79.9. The second-order valence-corrected chi connectivity index (χ2v) is 4.44. The van der Waals surface area contributed by atoms with Gasteiger partial charge in [0.05, 0.1) is 10.4 Å². The first-order valence-corrected chi connectivity index (χ1v) is 5.60. The predicted molar refractivity (Wildman–Crippen MR) is 60.0 cm³/mol. The Kier molecular flexibility index (Phi) is 2.47. The maximum absolute atomic E-state index is 4.15. The van der Waals surface area contributed by atoms with Gasteiger partial charge < -0.3 is 0 Å². The zero-order valence-corrected chi connectivity index (χ0v) is 9.52. The second kappa shape index (κ2) is 3.60. The van der Waals surface area contributed by atoms with Gasteiger partial charge >= 0.3 is 0 Å². The zero-order valence-electron chi connectivity index (χ0n) is 7.12. The molecule has 0 radical (unpaired) electrons. The molecule has 1 aromatic heterocycles. The Morgan fingerprint density at radius 2 is 1.92 bits per heavy atom. The molecule has 66 valence electrons. The van der Waals surface area contributed by atoms with Crippen molar-refractivity contribution >= 4 is 27.3 Å². The summed E-state index contributed by atoms with van der Waals surface area (Å²) in [5, 5.41) is 0. The molecule has 2 rings (SSSR count). The van der Waals surface area contributed by atoms with Crippen LogP contribution < -0.4 is 0 Å². The van der Waals surface area contributed by atoms with Crippen LogP contribution in [0.2, 0.25) is 0 Å². The highest BCUT2D eigenvalue weighted by Crippen LogP contribution is 2.31. The lowest BCUT2D eigenvalue weighted by Gasteiger charge is -1.97. The molecule has 0 aliphatic heterocycles. The number of aromatic nitrogens is 1. The average Bonchev–Trinajstić information content (AvgIpc) is 2.53. The van der Waals surface area contributed by atoms with Gasteiger partial charge in [0.1, 0.15) is 4.60 Å². The van der Waals surface area contributed by atoms with Crippen LogP contribution >= 0.6 is 27.3 Å². The van der Waals surface area contributed by atoms with Crippen molar-refractivity contribution in [2.75, 3.05) is 0 Å². The Morgan fingerprint density at radius 1 is 1.23 bits per heavy atom. The smallest absolute Gasteiger partial charge is 0.124 e. The largest absolute Gasteiger partial charge is 0.237 e. The molecule has 1 nitrogen and oxygen atoms in total. The second-order valence-electron chi connectivity index (χ2n) is 2.84. The van der Waals surface area contributed by atoms with E-state index >= 15 is 0 Å².